The number of ether oxygens (including phenoxy) is 2. The first-order chi connectivity index (χ1) is 25.0. The van der Waals surface area contributed by atoms with Crippen molar-refractivity contribution >= 4 is 5.97 Å². The van der Waals surface area contributed by atoms with Crippen molar-refractivity contribution in [2.75, 3.05) is 39.5 Å². The summed E-state index contributed by atoms with van der Waals surface area (Å²) in [7, 11) is 0. The van der Waals surface area contributed by atoms with Gasteiger partial charge in [0.05, 0.1) is 24.9 Å². The molecule has 1 aliphatic heterocycles. The van der Waals surface area contributed by atoms with E-state index in [1.165, 1.54) is 103 Å². The van der Waals surface area contributed by atoms with Gasteiger partial charge in [0, 0.05) is 37.7 Å². The lowest BCUT2D eigenvalue weighted by atomic mass is 9.93. The molecular formula is C45H88N2O4. The third-order valence-corrected chi connectivity index (χ3v) is 11.1. The van der Waals surface area contributed by atoms with Gasteiger partial charge in [0.25, 0.3) is 0 Å². The van der Waals surface area contributed by atoms with Crippen molar-refractivity contribution in [1.29, 1.82) is 0 Å². The van der Waals surface area contributed by atoms with Crippen LogP contribution < -0.4 is 5.32 Å². The van der Waals surface area contributed by atoms with E-state index in [0.717, 1.165) is 109 Å². The van der Waals surface area contributed by atoms with Crippen molar-refractivity contribution < 1.29 is 19.4 Å². The van der Waals surface area contributed by atoms with Gasteiger partial charge in [0.15, 0.2) is 0 Å². The lowest BCUT2D eigenvalue weighted by molar-refractivity contribution is -0.149. The third-order valence-electron chi connectivity index (χ3n) is 11.1. The van der Waals surface area contributed by atoms with Gasteiger partial charge in [-0.15, -0.1) is 0 Å². The zero-order valence-corrected chi connectivity index (χ0v) is 34.7. The van der Waals surface area contributed by atoms with Gasteiger partial charge in [-0.1, -0.05) is 137 Å². The van der Waals surface area contributed by atoms with Gasteiger partial charge in [0.2, 0.25) is 0 Å². The van der Waals surface area contributed by atoms with Crippen LogP contribution in [0.5, 0.6) is 0 Å². The summed E-state index contributed by atoms with van der Waals surface area (Å²) in [6, 6.07) is 0.959. The van der Waals surface area contributed by atoms with Crippen LogP contribution in [-0.4, -0.2) is 67.5 Å². The summed E-state index contributed by atoms with van der Waals surface area (Å²) in [6.45, 7) is 18.3. The molecule has 2 atom stereocenters. The fraction of sp³-hybridized carbons (Fsp3) is 0.933. The normalized spacial score (nSPS) is 16.7. The van der Waals surface area contributed by atoms with Crippen molar-refractivity contribution in [2.24, 2.45) is 11.8 Å². The number of allylic oxidation sites excluding steroid dienone is 1. The number of aliphatic hydroxyl groups is 1. The van der Waals surface area contributed by atoms with Crippen LogP contribution in [0.25, 0.3) is 0 Å². The Kier molecular flexibility index (Phi) is 32.5. The van der Waals surface area contributed by atoms with E-state index in [-0.39, 0.29) is 18.5 Å². The Bertz CT molecular complexity index is 710. The molecule has 1 fully saturated rings. The molecule has 6 heteroatoms. The van der Waals surface area contributed by atoms with E-state index in [9.17, 15) is 9.90 Å². The van der Waals surface area contributed by atoms with E-state index < -0.39 is 0 Å². The monoisotopic (exact) mass is 721 g/mol. The molecule has 1 saturated heterocycles. The van der Waals surface area contributed by atoms with E-state index >= 15 is 0 Å². The van der Waals surface area contributed by atoms with Crippen LogP contribution in [0, 0.1) is 11.8 Å². The van der Waals surface area contributed by atoms with Gasteiger partial charge >= 0.3 is 5.97 Å². The maximum atomic E-state index is 13.0. The molecule has 0 aromatic rings. The molecule has 51 heavy (non-hydrogen) atoms. The standard InChI is InChI=1S/C45H88N2O4/c1-6-10-14-18-28-41(29-19-15-11-7-2)40(5)50-36-26-22-32-43-38-47(34-24-25-35-48)39-44(46-43)33-23-27-37-51-45(49)42(30-20-16-12-8-3)31-21-17-13-9-4/h41-44,46,48H,5-39H2,1-4H3. The quantitative estimate of drug-likeness (QED) is 0.0378. The molecular weight excluding hydrogens is 633 g/mol. The second-order valence-corrected chi connectivity index (χ2v) is 16.0. The number of piperazine rings is 1. The number of unbranched alkanes of at least 4 members (excludes halogenated alkanes) is 15. The molecule has 0 radical (unpaired) electrons. The summed E-state index contributed by atoms with van der Waals surface area (Å²) in [5, 5.41) is 13.3. The molecule has 2 N–H and O–H groups in total. The van der Waals surface area contributed by atoms with Gasteiger partial charge in [-0.05, 0) is 83.6 Å². The fourth-order valence-corrected chi connectivity index (χ4v) is 7.83. The van der Waals surface area contributed by atoms with Crippen LogP contribution in [-0.2, 0) is 14.3 Å². The van der Waals surface area contributed by atoms with Crippen molar-refractivity contribution in [3.05, 3.63) is 12.3 Å². The predicted molar refractivity (Wildman–Crippen MR) is 219 cm³/mol. The summed E-state index contributed by atoms with van der Waals surface area (Å²) in [5.74, 6) is 1.69. The number of aliphatic hydroxyl groups excluding tert-OH is 1. The van der Waals surface area contributed by atoms with Crippen LogP contribution in [0.1, 0.15) is 207 Å². The van der Waals surface area contributed by atoms with E-state index in [0.29, 0.717) is 24.6 Å². The number of carbonyl (C=O) groups excluding carboxylic acids is 1. The summed E-state index contributed by atoms with van der Waals surface area (Å²) in [5.41, 5.74) is 0. The highest BCUT2D eigenvalue weighted by Crippen LogP contribution is 2.26. The average molecular weight is 721 g/mol. The summed E-state index contributed by atoms with van der Waals surface area (Å²) in [4.78, 5) is 15.6. The SMILES string of the molecule is C=C(OCCCCC1CN(CCCCO)CC(CCCCOC(=O)C(CCCCCC)CCCCCC)N1)C(CCCCCC)CCCCCC. The Morgan fingerprint density at radius 1 is 0.608 bits per heavy atom. The number of esters is 1. The van der Waals surface area contributed by atoms with Crippen LogP contribution in [0.3, 0.4) is 0 Å². The summed E-state index contributed by atoms with van der Waals surface area (Å²) >= 11 is 0. The second-order valence-electron chi connectivity index (χ2n) is 16.0. The minimum atomic E-state index is 0.0518. The molecule has 1 aliphatic rings. The molecule has 0 spiro atoms. The number of nitrogens with one attached hydrogen (secondary N) is 1. The molecule has 0 bridgehead atoms. The Morgan fingerprint density at radius 2 is 1.06 bits per heavy atom. The zero-order chi connectivity index (χ0) is 37.2. The highest BCUT2D eigenvalue weighted by Gasteiger charge is 2.26. The zero-order valence-electron chi connectivity index (χ0n) is 34.7. The number of hydrogen-bond donors (Lipinski definition) is 2. The Hall–Kier alpha value is -1.11. The van der Waals surface area contributed by atoms with E-state index in [2.05, 4.69) is 44.5 Å². The highest BCUT2D eigenvalue weighted by molar-refractivity contribution is 5.72. The smallest absolute Gasteiger partial charge is 0.308 e. The molecule has 2 unspecified atom stereocenters. The van der Waals surface area contributed by atoms with Crippen LogP contribution in [0.2, 0.25) is 0 Å². The molecule has 302 valence electrons. The van der Waals surface area contributed by atoms with Crippen LogP contribution >= 0.6 is 0 Å². The topological polar surface area (TPSA) is 71.0 Å². The number of nitrogens with zero attached hydrogens (tertiary/aromatic N) is 1. The number of hydrogen-bond acceptors (Lipinski definition) is 6. The fourth-order valence-electron chi connectivity index (χ4n) is 7.83. The number of carbonyl (C=O) groups is 1. The highest BCUT2D eigenvalue weighted by atomic mass is 16.5. The van der Waals surface area contributed by atoms with Crippen molar-refractivity contribution in [2.45, 2.75) is 220 Å². The Morgan fingerprint density at radius 3 is 1.51 bits per heavy atom. The third kappa shape index (κ3) is 26.3. The molecule has 0 aliphatic carbocycles. The van der Waals surface area contributed by atoms with Crippen molar-refractivity contribution in [3.8, 4) is 0 Å². The minimum Gasteiger partial charge on any atom is -0.498 e. The Balaban J connectivity index is 2.49. The molecule has 0 aromatic heterocycles. The second kappa shape index (κ2) is 34.6. The first-order valence-corrected chi connectivity index (χ1v) is 22.6. The van der Waals surface area contributed by atoms with E-state index in [4.69, 9.17) is 9.47 Å². The molecule has 1 rings (SSSR count). The first kappa shape index (κ1) is 47.9. The summed E-state index contributed by atoms with van der Waals surface area (Å²) < 4.78 is 12.2. The van der Waals surface area contributed by atoms with E-state index in [1.54, 1.807) is 0 Å². The maximum Gasteiger partial charge on any atom is 0.308 e. The first-order valence-electron chi connectivity index (χ1n) is 22.6. The van der Waals surface area contributed by atoms with Crippen molar-refractivity contribution in [1.82, 2.24) is 10.2 Å². The minimum absolute atomic E-state index is 0.0518. The van der Waals surface area contributed by atoms with Gasteiger partial charge in [-0.25, -0.2) is 0 Å². The van der Waals surface area contributed by atoms with E-state index in [1.807, 2.05) is 0 Å². The molecule has 0 saturated carbocycles. The van der Waals surface area contributed by atoms with Gasteiger partial charge < -0.3 is 24.8 Å². The molecule has 0 aromatic carbocycles. The lowest BCUT2D eigenvalue weighted by Gasteiger charge is -2.39. The average Bonchev–Trinajstić information content (AvgIpc) is 3.13. The largest absolute Gasteiger partial charge is 0.498 e. The predicted octanol–water partition coefficient (Wildman–Crippen LogP) is 11.9. The molecule has 0 amide bonds. The van der Waals surface area contributed by atoms with Crippen LogP contribution in [0.15, 0.2) is 12.3 Å². The van der Waals surface area contributed by atoms with Gasteiger partial charge in [0.1, 0.15) is 0 Å². The molecule has 1 heterocycles. The lowest BCUT2D eigenvalue weighted by Crippen LogP contribution is -2.56. The molecule has 6 nitrogen and oxygen atoms in total. The number of rotatable bonds is 37. The van der Waals surface area contributed by atoms with Gasteiger partial charge in [-0.2, -0.15) is 0 Å². The summed E-state index contributed by atoms with van der Waals surface area (Å²) in [6.07, 6.45) is 33.1. The van der Waals surface area contributed by atoms with Gasteiger partial charge in [-0.3, -0.25) is 4.79 Å². The van der Waals surface area contributed by atoms with Crippen molar-refractivity contribution in [3.63, 3.8) is 0 Å². The van der Waals surface area contributed by atoms with Crippen LogP contribution in [0.4, 0.5) is 0 Å². The maximum absolute atomic E-state index is 13.0. The Labute approximate surface area is 318 Å².